The number of nitrogens with zero attached hydrogens (tertiary/aromatic N) is 2. The first-order chi connectivity index (χ1) is 14.3. The number of carbonyl (C=O) groups excluding carboxylic acids is 2. The van der Waals surface area contributed by atoms with Crippen LogP contribution in [0.1, 0.15) is 12.0 Å². The summed E-state index contributed by atoms with van der Waals surface area (Å²) in [6, 6.07) is 11.7. The maximum absolute atomic E-state index is 13.1. The molecule has 0 saturated carbocycles. The number of ether oxygens (including phenoxy) is 2. The SMILES string of the molecule is COc1ccc(CCN2C(=S)N(c3ccc(Cl)cc3)C(=O)[C@H]2CC(N)=O)cc1OC. The van der Waals surface area contributed by atoms with Crippen LogP contribution < -0.4 is 20.1 Å². The summed E-state index contributed by atoms with van der Waals surface area (Å²) in [7, 11) is 3.15. The molecule has 2 aromatic carbocycles. The van der Waals surface area contributed by atoms with E-state index in [0.717, 1.165) is 5.56 Å². The molecule has 0 aliphatic carbocycles. The number of methoxy groups -OCH3 is 2. The summed E-state index contributed by atoms with van der Waals surface area (Å²) in [5.74, 6) is 0.402. The predicted octanol–water partition coefficient (Wildman–Crippen LogP) is 2.78. The zero-order chi connectivity index (χ0) is 21.8. The molecule has 7 nitrogen and oxygen atoms in total. The van der Waals surface area contributed by atoms with E-state index in [2.05, 4.69) is 0 Å². The van der Waals surface area contributed by atoms with Crippen molar-refractivity contribution in [3.63, 3.8) is 0 Å². The maximum atomic E-state index is 13.1. The van der Waals surface area contributed by atoms with E-state index >= 15 is 0 Å². The minimum Gasteiger partial charge on any atom is -0.493 e. The van der Waals surface area contributed by atoms with E-state index in [4.69, 9.17) is 39.0 Å². The normalized spacial score (nSPS) is 16.2. The molecular formula is C21H22ClN3O4S. The monoisotopic (exact) mass is 447 g/mol. The Labute approximate surface area is 185 Å². The molecule has 1 aliphatic rings. The zero-order valence-electron chi connectivity index (χ0n) is 16.6. The van der Waals surface area contributed by atoms with Gasteiger partial charge in [0.1, 0.15) is 6.04 Å². The third-order valence-electron chi connectivity index (χ3n) is 4.89. The van der Waals surface area contributed by atoms with Crippen molar-refractivity contribution in [3.8, 4) is 11.5 Å². The highest BCUT2D eigenvalue weighted by Crippen LogP contribution is 2.30. The van der Waals surface area contributed by atoms with E-state index in [0.29, 0.717) is 40.3 Å². The number of anilines is 1. The van der Waals surface area contributed by atoms with Crippen molar-refractivity contribution < 1.29 is 19.1 Å². The van der Waals surface area contributed by atoms with Crippen LogP contribution in [-0.2, 0) is 16.0 Å². The molecule has 0 radical (unpaired) electrons. The van der Waals surface area contributed by atoms with Gasteiger partial charge in [0.2, 0.25) is 5.91 Å². The molecule has 0 aromatic heterocycles. The smallest absolute Gasteiger partial charge is 0.256 e. The molecule has 2 aromatic rings. The molecule has 0 spiro atoms. The predicted molar refractivity (Wildman–Crippen MR) is 119 cm³/mol. The summed E-state index contributed by atoms with van der Waals surface area (Å²) < 4.78 is 10.6. The van der Waals surface area contributed by atoms with Crippen LogP contribution in [0.4, 0.5) is 5.69 Å². The van der Waals surface area contributed by atoms with Gasteiger partial charge in [-0.1, -0.05) is 17.7 Å². The molecule has 9 heteroatoms. The molecule has 1 atom stereocenters. The molecule has 1 heterocycles. The number of primary amides is 1. The molecule has 1 aliphatic heterocycles. The zero-order valence-corrected chi connectivity index (χ0v) is 18.2. The molecule has 1 saturated heterocycles. The first-order valence-corrected chi connectivity index (χ1v) is 10.0. The Balaban J connectivity index is 1.84. The number of amides is 2. The van der Waals surface area contributed by atoms with Crippen LogP contribution in [0.15, 0.2) is 42.5 Å². The molecule has 0 bridgehead atoms. The highest BCUT2D eigenvalue weighted by molar-refractivity contribution is 7.80. The van der Waals surface area contributed by atoms with Gasteiger partial charge < -0.3 is 20.1 Å². The Morgan fingerprint density at radius 2 is 1.80 bits per heavy atom. The summed E-state index contributed by atoms with van der Waals surface area (Å²) in [5.41, 5.74) is 6.97. The fourth-order valence-electron chi connectivity index (χ4n) is 3.39. The topological polar surface area (TPSA) is 85.1 Å². The van der Waals surface area contributed by atoms with Crippen molar-refractivity contribution in [2.75, 3.05) is 25.7 Å². The van der Waals surface area contributed by atoms with Gasteiger partial charge in [-0.05, 0) is 60.6 Å². The first-order valence-electron chi connectivity index (χ1n) is 9.25. The van der Waals surface area contributed by atoms with Crippen LogP contribution in [0.3, 0.4) is 0 Å². The lowest BCUT2D eigenvalue weighted by atomic mass is 10.1. The third kappa shape index (κ3) is 4.49. The van der Waals surface area contributed by atoms with Crippen molar-refractivity contribution in [1.82, 2.24) is 4.90 Å². The Bertz CT molecular complexity index is 967. The standard InChI is InChI=1S/C21H22ClN3O4S/c1-28-17-8-3-13(11-18(17)29-2)9-10-24-16(12-19(23)26)20(27)25(21(24)30)15-6-4-14(22)5-7-15/h3-8,11,16H,9-10,12H2,1-2H3,(H2,23,26)/t16-/m1/s1. The van der Waals surface area contributed by atoms with Crippen LogP contribution in [0.2, 0.25) is 5.02 Å². The van der Waals surface area contributed by atoms with Crippen LogP contribution >= 0.6 is 23.8 Å². The summed E-state index contributed by atoms with van der Waals surface area (Å²) in [6.45, 7) is 0.433. The fourth-order valence-corrected chi connectivity index (χ4v) is 3.93. The van der Waals surface area contributed by atoms with Crippen molar-refractivity contribution in [3.05, 3.63) is 53.1 Å². The van der Waals surface area contributed by atoms with Gasteiger partial charge >= 0.3 is 0 Å². The van der Waals surface area contributed by atoms with Crippen LogP contribution in [0.25, 0.3) is 0 Å². The summed E-state index contributed by atoms with van der Waals surface area (Å²) >= 11 is 11.5. The maximum Gasteiger partial charge on any atom is 0.256 e. The summed E-state index contributed by atoms with van der Waals surface area (Å²) in [5, 5.41) is 0.879. The van der Waals surface area contributed by atoms with Crippen LogP contribution in [-0.4, -0.2) is 48.6 Å². The van der Waals surface area contributed by atoms with Gasteiger partial charge in [-0.25, -0.2) is 0 Å². The van der Waals surface area contributed by atoms with Crippen LogP contribution in [0, 0.1) is 0 Å². The van der Waals surface area contributed by atoms with Gasteiger partial charge in [-0.3, -0.25) is 14.5 Å². The molecule has 158 valence electrons. The summed E-state index contributed by atoms with van der Waals surface area (Å²) in [6.07, 6.45) is 0.465. The Kier molecular flexibility index (Phi) is 6.79. The van der Waals surface area contributed by atoms with Crippen LogP contribution in [0.5, 0.6) is 11.5 Å². The quantitative estimate of drug-likeness (QED) is 0.626. The number of hydrogen-bond acceptors (Lipinski definition) is 5. The second-order valence-corrected chi connectivity index (χ2v) is 7.55. The number of nitrogens with two attached hydrogens (primary N) is 1. The number of benzene rings is 2. The van der Waals surface area contributed by atoms with Gasteiger partial charge in [-0.15, -0.1) is 0 Å². The second kappa shape index (κ2) is 9.32. The molecule has 2 N–H and O–H groups in total. The lowest BCUT2D eigenvalue weighted by Gasteiger charge is -2.23. The average molecular weight is 448 g/mol. The number of hydrogen-bond donors (Lipinski definition) is 1. The Morgan fingerprint density at radius 1 is 1.13 bits per heavy atom. The van der Waals surface area contributed by atoms with E-state index < -0.39 is 11.9 Å². The minimum atomic E-state index is -0.745. The average Bonchev–Trinajstić information content (AvgIpc) is 2.95. The number of halogens is 1. The van der Waals surface area contributed by atoms with Gasteiger partial charge in [0.15, 0.2) is 16.6 Å². The lowest BCUT2D eigenvalue weighted by Crippen LogP contribution is -2.39. The highest BCUT2D eigenvalue weighted by Gasteiger charge is 2.43. The largest absolute Gasteiger partial charge is 0.493 e. The second-order valence-electron chi connectivity index (χ2n) is 6.75. The summed E-state index contributed by atoms with van der Waals surface area (Å²) in [4.78, 5) is 27.8. The number of carbonyl (C=O) groups is 2. The number of thiocarbonyl (C=S) groups is 1. The van der Waals surface area contributed by atoms with Gasteiger partial charge in [0.25, 0.3) is 5.91 Å². The molecule has 0 unspecified atom stereocenters. The molecular weight excluding hydrogens is 426 g/mol. The third-order valence-corrected chi connectivity index (χ3v) is 5.56. The van der Waals surface area contributed by atoms with E-state index in [9.17, 15) is 9.59 Å². The first kappa shape index (κ1) is 21.9. The molecule has 2 amide bonds. The Morgan fingerprint density at radius 3 is 2.40 bits per heavy atom. The molecule has 1 fully saturated rings. The van der Waals surface area contributed by atoms with Crippen molar-refractivity contribution >= 4 is 46.4 Å². The van der Waals surface area contributed by atoms with E-state index in [1.54, 1.807) is 43.4 Å². The minimum absolute atomic E-state index is 0.116. The van der Waals surface area contributed by atoms with E-state index in [-0.39, 0.29) is 12.3 Å². The molecule has 3 rings (SSSR count). The molecule has 30 heavy (non-hydrogen) atoms. The lowest BCUT2D eigenvalue weighted by molar-refractivity contribution is -0.125. The van der Waals surface area contributed by atoms with Crippen molar-refractivity contribution in [2.24, 2.45) is 5.73 Å². The number of rotatable bonds is 8. The highest BCUT2D eigenvalue weighted by atomic mass is 35.5. The Hall–Kier alpha value is -2.84. The van der Waals surface area contributed by atoms with Crippen molar-refractivity contribution in [1.29, 1.82) is 0 Å². The van der Waals surface area contributed by atoms with Gasteiger partial charge in [0.05, 0.1) is 26.3 Å². The fraction of sp³-hybridized carbons (Fsp3) is 0.286. The van der Waals surface area contributed by atoms with E-state index in [1.807, 2.05) is 18.2 Å². The van der Waals surface area contributed by atoms with Gasteiger partial charge in [0, 0.05) is 11.6 Å². The van der Waals surface area contributed by atoms with Gasteiger partial charge in [-0.2, -0.15) is 0 Å². The van der Waals surface area contributed by atoms with Crippen molar-refractivity contribution in [2.45, 2.75) is 18.9 Å². The van der Waals surface area contributed by atoms with E-state index in [1.165, 1.54) is 4.90 Å².